The van der Waals surface area contributed by atoms with Gasteiger partial charge in [0.1, 0.15) is 5.75 Å². The van der Waals surface area contributed by atoms with Crippen LogP contribution in [0.4, 0.5) is 0 Å². The van der Waals surface area contributed by atoms with Crippen molar-refractivity contribution in [3.8, 4) is 5.75 Å². The van der Waals surface area contributed by atoms with Crippen molar-refractivity contribution in [2.75, 3.05) is 6.61 Å². The number of carboxylic acid groups (broad SMARTS) is 1. The van der Waals surface area contributed by atoms with E-state index in [1.54, 1.807) is 13.8 Å². The molecule has 0 amide bonds. The maximum Gasteiger partial charge on any atom is 0.309 e. The van der Waals surface area contributed by atoms with Gasteiger partial charge in [-0.2, -0.15) is 0 Å². The molecular formula is C18H26O3. The second kappa shape index (κ2) is 7.30. The number of hydrogen-bond donors (Lipinski definition) is 1. The first-order valence-electron chi connectivity index (χ1n) is 7.38. The average Bonchev–Trinajstić information content (AvgIpc) is 2.41. The molecule has 0 spiro atoms. The highest BCUT2D eigenvalue weighted by Crippen LogP contribution is 2.29. The fourth-order valence-electron chi connectivity index (χ4n) is 2.17. The molecule has 0 aromatic heterocycles. The molecule has 116 valence electrons. The Hall–Kier alpha value is -1.77. The lowest BCUT2D eigenvalue weighted by molar-refractivity contribution is -0.147. The quantitative estimate of drug-likeness (QED) is 0.746. The Morgan fingerprint density at radius 1 is 1.29 bits per heavy atom. The molecule has 0 aliphatic rings. The molecule has 0 fully saturated rings. The predicted octanol–water partition coefficient (Wildman–Crippen LogP) is 4.61. The highest BCUT2D eigenvalue weighted by molar-refractivity contribution is 5.73. The molecule has 1 N–H and O–H groups in total. The van der Waals surface area contributed by atoms with Gasteiger partial charge < -0.3 is 9.84 Å². The summed E-state index contributed by atoms with van der Waals surface area (Å²) >= 11 is 0. The summed E-state index contributed by atoms with van der Waals surface area (Å²) in [6.07, 6.45) is 5.38. The third-order valence-electron chi connectivity index (χ3n) is 3.72. The van der Waals surface area contributed by atoms with Crippen LogP contribution in [0.5, 0.6) is 5.75 Å². The first kappa shape index (κ1) is 17.3. The SMILES string of the molecule is C/C=C/c1c(C)ccc(C)c1OCCCC(C)(C)C(=O)O. The van der Waals surface area contributed by atoms with Gasteiger partial charge in [0.2, 0.25) is 0 Å². The minimum atomic E-state index is -0.760. The third-order valence-corrected chi connectivity index (χ3v) is 3.72. The summed E-state index contributed by atoms with van der Waals surface area (Å²) in [6.45, 7) is 10.1. The van der Waals surface area contributed by atoms with Gasteiger partial charge in [-0.25, -0.2) is 0 Å². The largest absolute Gasteiger partial charge is 0.493 e. The molecule has 1 aromatic carbocycles. The minimum absolute atomic E-state index is 0.533. The summed E-state index contributed by atoms with van der Waals surface area (Å²) in [5.41, 5.74) is 2.69. The predicted molar refractivity (Wildman–Crippen MR) is 86.8 cm³/mol. The number of carbonyl (C=O) groups is 1. The van der Waals surface area contributed by atoms with E-state index in [9.17, 15) is 4.79 Å². The van der Waals surface area contributed by atoms with E-state index >= 15 is 0 Å². The Morgan fingerprint density at radius 3 is 2.48 bits per heavy atom. The van der Waals surface area contributed by atoms with E-state index in [-0.39, 0.29) is 0 Å². The number of carboxylic acids is 1. The lowest BCUT2D eigenvalue weighted by Gasteiger charge is -2.19. The Labute approximate surface area is 127 Å². The molecule has 1 rings (SSSR count). The van der Waals surface area contributed by atoms with Gasteiger partial charge in [-0.05, 0) is 58.6 Å². The molecule has 1 aromatic rings. The smallest absolute Gasteiger partial charge is 0.309 e. The fourth-order valence-corrected chi connectivity index (χ4v) is 2.17. The molecule has 0 saturated heterocycles. The molecule has 0 saturated carbocycles. The van der Waals surface area contributed by atoms with Crippen LogP contribution in [0.3, 0.4) is 0 Å². The second-order valence-corrected chi connectivity index (χ2v) is 6.08. The summed E-state index contributed by atoms with van der Waals surface area (Å²) in [6, 6.07) is 4.14. The lowest BCUT2D eigenvalue weighted by atomic mass is 9.88. The monoisotopic (exact) mass is 290 g/mol. The van der Waals surface area contributed by atoms with Gasteiger partial charge in [0.05, 0.1) is 12.0 Å². The van der Waals surface area contributed by atoms with Gasteiger partial charge in [-0.1, -0.05) is 24.3 Å². The topological polar surface area (TPSA) is 46.5 Å². The summed E-state index contributed by atoms with van der Waals surface area (Å²) in [4.78, 5) is 11.1. The number of allylic oxidation sites excluding steroid dienone is 1. The number of aryl methyl sites for hydroxylation is 2. The molecule has 0 aliphatic carbocycles. The molecule has 0 bridgehead atoms. The van der Waals surface area contributed by atoms with Crippen molar-refractivity contribution in [1.29, 1.82) is 0 Å². The Morgan fingerprint density at radius 2 is 1.90 bits per heavy atom. The van der Waals surface area contributed by atoms with Crippen molar-refractivity contribution in [1.82, 2.24) is 0 Å². The molecule has 3 nitrogen and oxygen atoms in total. The molecule has 0 unspecified atom stereocenters. The molecule has 0 radical (unpaired) electrons. The van der Waals surface area contributed by atoms with Crippen molar-refractivity contribution in [3.05, 3.63) is 34.9 Å². The summed E-state index contributed by atoms with van der Waals surface area (Å²) in [7, 11) is 0. The third kappa shape index (κ3) is 4.62. The maximum atomic E-state index is 11.1. The van der Waals surface area contributed by atoms with Crippen LogP contribution in [0, 0.1) is 19.3 Å². The van der Waals surface area contributed by atoms with Crippen LogP contribution in [0.2, 0.25) is 0 Å². The van der Waals surface area contributed by atoms with Crippen molar-refractivity contribution in [2.45, 2.75) is 47.5 Å². The van der Waals surface area contributed by atoms with Crippen molar-refractivity contribution in [2.24, 2.45) is 5.41 Å². The van der Waals surface area contributed by atoms with Gasteiger partial charge in [0.25, 0.3) is 0 Å². The van der Waals surface area contributed by atoms with Gasteiger partial charge in [0.15, 0.2) is 0 Å². The zero-order valence-corrected chi connectivity index (χ0v) is 13.7. The average molecular weight is 290 g/mol. The molecule has 0 aliphatic heterocycles. The maximum absolute atomic E-state index is 11.1. The van der Waals surface area contributed by atoms with Crippen molar-refractivity contribution in [3.63, 3.8) is 0 Å². The number of rotatable bonds is 7. The van der Waals surface area contributed by atoms with Crippen LogP contribution in [0.1, 0.15) is 50.3 Å². The van der Waals surface area contributed by atoms with Gasteiger partial charge in [-0.3, -0.25) is 4.79 Å². The highest BCUT2D eigenvalue weighted by atomic mass is 16.5. The van der Waals surface area contributed by atoms with E-state index in [4.69, 9.17) is 9.84 Å². The molecule has 0 atom stereocenters. The molecular weight excluding hydrogens is 264 g/mol. The van der Waals surface area contributed by atoms with Crippen molar-refractivity contribution < 1.29 is 14.6 Å². The number of aliphatic carboxylic acids is 1. The van der Waals surface area contributed by atoms with E-state index < -0.39 is 11.4 Å². The first-order chi connectivity index (χ1) is 9.79. The Bertz CT molecular complexity index is 528. The zero-order valence-electron chi connectivity index (χ0n) is 13.7. The number of hydrogen-bond acceptors (Lipinski definition) is 2. The van der Waals surface area contributed by atoms with E-state index in [1.807, 2.05) is 19.9 Å². The van der Waals surface area contributed by atoms with E-state index in [1.165, 1.54) is 5.56 Å². The van der Waals surface area contributed by atoms with Crippen LogP contribution in [-0.2, 0) is 4.79 Å². The molecule has 21 heavy (non-hydrogen) atoms. The Kier molecular flexibility index (Phi) is 6.01. The van der Waals surface area contributed by atoms with E-state index in [0.29, 0.717) is 13.0 Å². The highest BCUT2D eigenvalue weighted by Gasteiger charge is 2.26. The minimum Gasteiger partial charge on any atom is -0.493 e. The van der Waals surface area contributed by atoms with E-state index in [0.717, 1.165) is 23.3 Å². The van der Waals surface area contributed by atoms with Crippen LogP contribution in [-0.4, -0.2) is 17.7 Å². The lowest BCUT2D eigenvalue weighted by Crippen LogP contribution is -2.24. The van der Waals surface area contributed by atoms with E-state index in [2.05, 4.69) is 25.1 Å². The van der Waals surface area contributed by atoms with Crippen molar-refractivity contribution >= 4 is 12.0 Å². The summed E-state index contributed by atoms with van der Waals surface area (Å²) in [5.74, 6) is 0.144. The molecule has 3 heteroatoms. The van der Waals surface area contributed by atoms with Gasteiger partial charge in [-0.15, -0.1) is 0 Å². The van der Waals surface area contributed by atoms with Gasteiger partial charge in [0, 0.05) is 5.56 Å². The number of ether oxygens (including phenoxy) is 1. The van der Waals surface area contributed by atoms with Crippen LogP contribution in [0.25, 0.3) is 6.08 Å². The van der Waals surface area contributed by atoms with Crippen LogP contribution >= 0.6 is 0 Å². The zero-order chi connectivity index (χ0) is 16.0. The Balaban J connectivity index is 2.72. The van der Waals surface area contributed by atoms with Gasteiger partial charge >= 0.3 is 5.97 Å². The molecule has 0 heterocycles. The summed E-state index contributed by atoms with van der Waals surface area (Å²) in [5, 5.41) is 9.10. The number of benzene rings is 1. The first-order valence-corrected chi connectivity index (χ1v) is 7.38. The fraction of sp³-hybridized carbons (Fsp3) is 0.500. The summed E-state index contributed by atoms with van der Waals surface area (Å²) < 4.78 is 5.93. The normalized spacial score (nSPS) is 11.9. The second-order valence-electron chi connectivity index (χ2n) is 6.08. The standard InChI is InChI=1S/C18H26O3/c1-6-8-15-13(2)9-10-14(3)16(15)21-12-7-11-18(4,5)17(19)20/h6,8-10H,7,11-12H2,1-5H3,(H,19,20)/b8-6+. The van der Waals surface area contributed by atoms with Crippen LogP contribution < -0.4 is 4.74 Å². The van der Waals surface area contributed by atoms with Crippen LogP contribution in [0.15, 0.2) is 18.2 Å².